The van der Waals surface area contributed by atoms with Crippen molar-refractivity contribution in [1.29, 1.82) is 0 Å². The zero-order chi connectivity index (χ0) is 10.1. The quantitative estimate of drug-likeness (QED) is 0.696. The zero-order valence-electron chi connectivity index (χ0n) is 7.72. The van der Waals surface area contributed by atoms with Crippen LogP contribution in [0, 0.1) is 18.6 Å². The first-order valence-electron chi connectivity index (χ1n) is 4.37. The molecule has 1 aliphatic heterocycles. The van der Waals surface area contributed by atoms with E-state index in [1.807, 2.05) is 0 Å². The fourth-order valence-electron chi connectivity index (χ4n) is 1.09. The first-order chi connectivity index (χ1) is 6.66. The Kier molecular flexibility index (Phi) is 2.37. The van der Waals surface area contributed by atoms with Crippen molar-refractivity contribution in [3.05, 3.63) is 29.3 Å². The van der Waals surface area contributed by atoms with E-state index in [1.54, 1.807) is 6.92 Å². The molecule has 4 heteroatoms. The van der Waals surface area contributed by atoms with Crippen LogP contribution in [0.1, 0.15) is 5.56 Å². The van der Waals surface area contributed by atoms with Gasteiger partial charge >= 0.3 is 0 Å². The van der Waals surface area contributed by atoms with Gasteiger partial charge in [-0.3, -0.25) is 0 Å². The molecule has 1 aromatic carbocycles. The third-order valence-corrected chi connectivity index (χ3v) is 2.04. The average Bonchev–Trinajstić information content (AvgIpc) is 2.92. The second kappa shape index (κ2) is 3.53. The fourth-order valence-corrected chi connectivity index (χ4v) is 1.09. The Morgan fingerprint density at radius 3 is 2.79 bits per heavy atom. The van der Waals surface area contributed by atoms with Gasteiger partial charge in [0.1, 0.15) is 18.5 Å². The summed E-state index contributed by atoms with van der Waals surface area (Å²) < 4.78 is 36.0. The number of aryl methyl sites for hydroxylation is 1. The Hall–Kier alpha value is -1.16. The number of epoxide rings is 1. The lowest BCUT2D eigenvalue weighted by Crippen LogP contribution is -2.05. The van der Waals surface area contributed by atoms with Gasteiger partial charge in [-0.05, 0) is 18.6 Å². The van der Waals surface area contributed by atoms with Crippen molar-refractivity contribution in [2.75, 3.05) is 13.2 Å². The molecule has 1 fully saturated rings. The van der Waals surface area contributed by atoms with E-state index in [1.165, 1.54) is 6.07 Å². The molecule has 2 rings (SSSR count). The number of rotatable bonds is 3. The molecule has 0 N–H and O–H groups in total. The van der Waals surface area contributed by atoms with E-state index in [4.69, 9.17) is 9.47 Å². The lowest BCUT2D eigenvalue weighted by Gasteiger charge is -2.06. The van der Waals surface area contributed by atoms with Gasteiger partial charge in [0.2, 0.25) is 0 Å². The summed E-state index contributed by atoms with van der Waals surface area (Å²) in [5, 5.41) is 0. The number of hydrogen-bond donors (Lipinski definition) is 0. The summed E-state index contributed by atoms with van der Waals surface area (Å²) in [6.45, 7) is 2.54. The maximum atomic E-state index is 13.1. The topological polar surface area (TPSA) is 21.8 Å². The molecule has 0 aromatic heterocycles. The van der Waals surface area contributed by atoms with Crippen LogP contribution in [-0.2, 0) is 4.74 Å². The van der Waals surface area contributed by atoms with E-state index in [2.05, 4.69) is 0 Å². The second-order valence-electron chi connectivity index (χ2n) is 3.30. The Morgan fingerprint density at radius 2 is 2.14 bits per heavy atom. The molecule has 0 radical (unpaired) electrons. The molecule has 0 spiro atoms. The summed E-state index contributed by atoms with van der Waals surface area (Å²) in [6, 6.07) is 2.19. The van der Waals surface area contributed by atoms with E-state index in [0.717, 1.165) is 6.07 Å². The Morgan fingerprint density at radius 1 is 1.43 bits per heavy atom. The standard InChI is InChI=1S/C10H10F2O2/c1-6-2-10(9(12)3-8(6)11)14-5-7-4-13-7/h2-3,7H,4-5H2,1H3. The highest BCUT2D eigenvalue weighted by Crippen LogP contribution is 2.22. The molecule has 1 saturated heterocycles. The average molecular weight is 200 g/mol. The highest BCUT2D eigenvalue weighted by atomic mass is 19.1. The van der Waals surface area contributed by atoms with Crippen molar-refractivity contribution >= 4 is 0 Å². The van der Waals surface area contributed by atoms with E-state index in [-0.39, 0.29) is 11.9 Å². The van der Waals surface area contributed by atoms with Gasteiger partial charge in [0.15, 0.2) is 11.6 Å². The number of ether oxygens (including phenoxy) is 2. The van der Waals surface area contributed by atoms with Gasteiger partial charge in [-0.15, -0.1) is 0 Å². The van der Waals surface area contributed by atoms with Crippen LogP contribution in [-0.4, -0.2) is 19.3 Å². The number of halogens is 2. The molecule has 1 aromatic rings. The maximum absolute atomic E-state index is 13.1. The van der Waals surface area contributed by atoms with Crippen LogP contribution in [0.15, 0.2) is 12.1 Å². The monoisotopic (exact) mass is 200 g/mol. The summed E-state index contributed by atoms with van der Waals surface area (Å²) in [6.07, 6.45) is 0.0692. The molecular weight excluding hydrogens is 190 g/mol. The van der Waals surface area contributed by atoms with Crippen molar-refractivity contribution in [1.82, 2.24) is 0 Å². The number of hydrogen-bond acceptors (Lipinski definition) is 2. The van der Waals surface area contributed by atoms with E-state index >= 15 is 0 Å². The maximum Gasteiger partial charge on any atom is 0.167 e. The SMILES string of the molecule is Cc1cc(OCC2CO2)c(F)cc1F. The predicted octanol–water partition coefficient (Wildman–Crippen LogP) is 2.05. The Bertz CT molecular complexity index is 348. The Labute approximate surface area is 80.4 Å². The smallest absolute Gasteiger partial charge is 0.167 e. The van der Waals surface area contributed by atoms with E-state index < -0.39 is 11.6 Å². The van der Waals surface area contributed by atoms with Crippen molar-refractivity contribution in [2.24, 2.45) is 0 Å². The van der Waals surface area contributed by atoms with Gasteiger partial charge < -0.3 is 9.47 Å². The van der Waals surface area contributed by atoms with Crippen LogP contribution in [0.5, 0.6) is 5.75 Å². The van der Waals surface area contributed by atoms with Crippen LogP contribution in [0.25, 0.3) is 0 Å². The molecule has 1 aliphatic rings. The van der Waals surface area contributed by atoms with Crippen molar-refractivity contribution < 1.29 is 18.3 Å². The minimum Gasteiger partial charge on any atom is -0.488 e. The van der Waals surface area contributed by atoms with Gasteiger partial charge in [-0.2, -0.15) is 0 Å². The molecule has 0 saturated carbocycles. The highest BCUT2D eigenvalue weighted by molar-refractivity contribution is 5.30. The summed E-state index contributed by atoms with van der Waals surface area (Å²) in [5.41, 5.74) is 0.373. The molecule has 0 bridgehead atoms. The van der Waals surface area contributed by atoms with Crippen molar-refractivity contribution in [3.8, 4) is 5.75 Å². The van der Waals surface area contributed by atoms with Crippen LogP contribution < -0.4 is 4.74 Å². The summed E-state index contributed by atoms with van der Waals surface area (Å²) >= 11 is 0. The molecule has 1 atom stereocenters. The van der Waals surface area contributed by atoms with Crippen LogP contribution >= 0.6 is 0 Å². The van der Waals surface area contributed by atoms with E-state index in [9.17, 15) is 8.78 Å². The molecule has 76 valence electrons. The Balaban J connectivity index is 2.10. The number of benzene rings is 1. The van der Waals surface area contributed by atoms with Crippen LogP contribution in [0.2, 0.25) is 0 Å². The minimum atomic E-state index is -0.672. The zero-order valence-corrected chi connectivity index (χ0v) is 7.72. The molecule has 2 nitrogen and oxygen atoms in total. The summed E-state index contributed by atoms with van der Waals surface area (Å²) in [5.74, 6) is -1.15. The molecular formula is C10H10F2O2. The third kappa shape index (κ3) is 2.01. The first kappa shape index (κ1) is 9.40. The normalized spacial score (nSPS) is 19.5. The minimum absolute atomic E-state index is 0.0692. The lowest BCUT2D eigenvalue weighted by molar-refractivity contribution is 0.253. The lowest BCUT2D eigenvalue weighted by atomic mass is 10.2. The molecule has 0 aliphatic carbocycles. The largest absolute Gasteiger partial charge is 0.488 e. The van der Waals surface area contributed by atoms with Crippen LogP contribution in [0.3, 0.4) is 0 Å². The molecule has 0 amide bonds. The van der Waals surface area contributed by atoms with Gasteiger partial charge in [0, 0.05) is 6.07 Å². The highest BCUT2D eigenvalue weighted by Gasteiger charge is 2.23. The van der Waals surface area contributed by atoms with Gasteiger partial charge in [0.25, 0.3) is 0 Å². The van der Waals surface area contributed by atoms with Crippen LogP contribution in [0.4, 0.5) is 8.78 Å². The molecule has 1 unspecified atom stereocenters. The predicted molar refractivity (Wildman–Crippen MR) is 46.3 cm³/mol. The fraction of sp³-hybridized carbons (Fsp3) is 0.400. The van der Waals surface area contributed by atoms with Crippen molar-refractivity contribution in [2.45, 2.75) is 13.0 Å². The van der Waals surface area contributed by atoms with E-state index in [0.29, 0.717) is 18.8 Å². The van der Waals surface area contributed by atoms with Gasteiger partial charge in [-0.25, -0.2) is 8.78 Å². The molecule has 1 heterocycles. The summed E-state index contributed by atoms with van der Waals surface area (Å²) in [7, 11) is 0. The first-order valence-corrected chi connectivity index (χ1v) is 4.37. The van der Waals surface area contributed by atoms with Gasteiger partial charge in [0.05, 0.1) is 6.61 Å². The second-order valence-corrected chi connectivity index (χ2v) is 3.30. The van der Waals surface area contributed by atoms with Crippen molar-refractivity contribution in [3.63, 3.8) is 0 Å². The molecule has 14 heavy (non-hydrogen) atoms. The van der Waals surface area contributed by atoms with Gasteiger partial charge in [-0.1, -0.05) is 0 Å². The summed E-state index contributed by atoms with van der Waals surface area (Å²) in [4.78, 5) is 0. The third-order valence-electron chi connectivity index (χ3n) is 2.04.